The van der Waals surface area contributed by atoms with Gasteiger partial charge in [-0.1, -0.05) is 0 Å². The van der Waals surface area contributed by atoms with E-state index in [9.17, 15) is 9.59 Å². The highest BCUT2D eigenvalue weighted by molar-refractivity contribution is 6.03. The molecular weight excluding hydrogens is 270 g/mol. The van der Waals surface area contributed by atoms with Crippen LogP contribution in [0.2, 0.25) is 0 Å². The maximum absolute atomic E-state index is 12.0. The predicted molar refractivity (Wildman–Crippen MR) is 77.8 cm³/mol. The molecule has 0 radical (unpaired) electrons. The van der Waals surface area contributed by atoms with Gasteiger partial charge in [-0.25, -0.2) is 9.78 Å². The lowest BCUT2D eigenvalue weighted by Gasteiger charge is -2.05. The summed E-state index contributed by atoms with van der Waals surface area (Å²) in [5.74, 6) is -1.02. The van der Waals surface area contributed by atoms with Gasteiger partial charge in [0.2, 0.25) is 0 Å². The van der Waals surface area contributed by atoms with Gasteiger partial charge in [-0.2, -0.15) is 0 Å². The van der Waals surface area contributed by atoms with Crippen molar-refractivity contribution >= 4 is 23.8 Å². The fourth-order valence-corrected chi connectivity index (χ4v) is 1.58. The highest BCUT2D eigenvalue weighted by atomic mass is 16.4. The van der Waals surface area contributed by atoms with Crippen LogP contribution in [0, 0.1) is 6.92 Å². The third-order valence-corrected chi connectivity index (χ3v) is 2.62. The average molecular weight is 283 g/mol. The van der Waals surface area contributed by atoms with Gasteiger partial charge in [0.1, 0.15) is 5.82 Å². The lowest BCUT2D eigenvalue weighted by Crippen LogP contribution is -2.13. The molecule has 0 saturated heterocycles. The number of carbonyl (C=O) groups is 2. The Labute approximate surface area is 121 Å². The molecule has 6 heteroatoms. The number of nitrogens with zero attached hydrogens (tertiary/aromatic N) is 2. The summed E-state index contributed by atoms with van der Waals surface area (Å²) in [5, 5.41) is 11.2. The molecule has 1 amide bonds. The smallest absolute Gasteiger partial charge is 0.328 e. The maximum atomic E-state index is 12.0. The van der Waals surface area contributed by atoms with E-state index in [-0.39, 0.29) is 5.91 Å². The molecule has 2 rings (SSSR count). The van der Waals surface area contributed by atoms with E-state index >= 15 is 0 Å². The molecule has 2 aromatic heterocycles. The van der Waals surface area contributed by atoms with Crippen LogP contribution >= 0.6 is 0 Å². The Morgan fingerprint density at radius 1 is 1.24 bits per heavy atom. The van der Waals surface area contributed by atoms with E-state index in [1.807, 2.05) is 6.92 Å². The molecule has 6 nitrogen and oxygen atoms in total. The van der Waals surface area contributed by atoms with Gasteiger partial charge in [0, 0.05) is 24.2 Å². The zero-order chi connectivity index (χ0) is 15.2. The first-order chi connectivity index (χ1) is 10.0. The summed E-state index contributed by atoms with van der Waals surface area (Å²) in [6, 6.07) is 6.64. The predicted octanol–water partition coefficient (Wildman–Crippen LogP) is 2.14. The number of carbonyl (C=O) groups excluding carboxylic acids is 1. The van der Waals surface area contributed by atoms with Crippen LogP contribution in [0.25, 0.3) is 6.08 Å². The molecule has 0 unspecified atom stereocenters. The van der Waals surface area contributed by atoms with Crippen molar-refractivity contribution in [3.05, 3.63) is 59.6 Å². The summed E-state index contributed by atoms with van der Waals surface area (Å²) >= 11 is 0. The van der Waals surface area contributed by atoms with Crippen LogP contribution in [0.3, 0.4) is 0 Å². The number of aliphatic carboxylic acids is 1. The van der Waals surface area contributed by atoms with E-state index in [4.69, 9.17) is 5.11 Å². The minimum Gasteiger partial charge on any atom is -0.478 e. The number of aryl methyl sites for hydroxylation is 1. The number of hydrogen-bond acceptors (Lipinski definition) is 4. The second kappa shape index (κ2) is 6.42. The first kappa shape index (κ1) is 14.4. The number of nitrogens with one attached hydrogen (secondary N) is 1. The Bertz CT molecular complexity index is 694. The molecule has 0 spiro atoms. The first-order valence-corrected chi connectivity index (χ1v) is 6.15. The molecule has 0 saturated carbocycles. The van der Waals surface area contributed by atoms with Gasteiger partial charge in [0.05, 0.1) is 5.56 Å². The third-order valence-electron chi connectivity index (χ3n) is 2.62. The minimum atomic E-state index is -1.04. The first-order valence-electron chi connectivity index (χ1n) is 6.15. The van der Waals surface area contributed by atoms with Crippen LogP contribution in [-0.2, 0) is 4.79 Å². The molecule has 0 fully saturated rings. The van der Waals surface area contributed by atoms with Crippen LogP contribution in [0.1, 0.15) is 21.6 Å². The van der Waals surface area contributed by atoms with Crippen molar-refractivity contribution in [1.82, 2.24) is 9.97 Å². The summed E-state index contributed by atoms with van der Waals surface area (Å²) in [4.78, 5) is 30.5. The van der Waals surface area contributed by atoms with Crippen LogP contribution in [0.4, 0.5) is 5.82 Å². The van der Waals surface area contributed by atoms with Crippen molar-refractivity contribution in [3.63, 3.8) is 0 Å². The van der Waals surface area contributed by atoms with Crippen LogP contribution < -0.4 is 5.32 Å². The fraction of sp³-hybridized carbons (Fsp3) is 0.0667. The van der Waals surface area contributed by atoms with Gasteiger partial charge in [-0.05, 0) is 42.8 Å². The minimum absolute atomic E-state index is 0.325. The van der Waals surface area contributed by atoms with E-state index in [1.165, 1.54) is 18.5 Å². The summed E-state index contributed by atoms with van der Waals surface area (Å²) in [5.41, 5.74) is 1.88. The topological polar surface area (TPSA) is 92.2 Å². The molecule has 2 heterocycles. The molecule has 21 heavy (non-hydrogen) atoms. The molecule has 0 aliphatic rings. The summed E-state index contributed by atoms with van der Waals surface area (Å²) in [6.45, 7) is 1.83. The largest absolute Gasteiger partial charge is 0.478 e. The number of aromatic nitrogens is 2. The number of anilines is 1. The monoisotopic (exact) mass is 283 g/mol. The summed E-state index contributed by atoms with van der Waals surface area (Å²) in [7, 11) is 0. The van der Waals surface area contributed by atoms with E-state index < -0.39 is 5.97 Å². The Morgan fingerprint density at radius 2 is 2.05 bits per heavy atom. The van der Waals surface area contributed by atoms with Crippen molar-refractivity contribution in [2.45, 2.75) is 6.92 Å². The standard InChI is InChI=1S/C15H13N3O3/c1-10-2-4-12(9-17-10)15(21)18-13-8-11(6-7-16-13)3-5-14(19)20/h2-9H,1H3,(H,19,20)(H,16,18,21)/b5-3+. The third kappa shape index (κ3) is 4.24. The van der Waals surface area contributed by atoms with Crippen molar-refractivity contribution in [3.8, 4) is 0 Å². The van der Waals surface area contributed by atoms with E-state index in [1.54, 1.807) is 24.3 Å². The Kier molecular flexibility index (Phi) is 4.40. The van der Waals surface area contributed by atoms with Crippen molar-refractivity contribution in [2.75, 3.05) is 5.32 Å². The molecule has 0 bridgehead atoms. The van der Waals surface area contributed by atoms with E-state index in [2.05, 4.69) is 15.3 Å². The summed E-state index contributed by atoms with van der Waals surface area (Å²) in [6.07, 6.45) is 5.42. The number of amides is 1. The second-order valence-electron chi connectivity index (χ2n) is 4.29. The van der Waals surface area contributed by atoms with Crippen molar-refractivity contribution in [1.29, 1.82) is 0 Å². The number of rotatable bonds is 4. The number of pyridine rings is 2. The van der Waals surface area contributed by atoms with Gasteiger partial charge >= 0.3 is 5.97 Å². The van der Waals surface area contributed by atoms with Crippen LogP contribution in [0.5, 0.6) is 0 Å². The Hall–Kier alpha value is -3.02. The zero-order valence-corrected chi connectivity index (χ0v) is 11.3. The molecule has 0 aliphatic carbocycles. The van der Waals surface area contributed by atoms with Gasteiger partial charge in [-0.3, -0.25) is 9.78 Å². The van der Waals surface area contributed by atoms with Crippen molar-refractivity contribution in [2.24, 2.45) is 0 Å². The zero-order valence-electron chi connectivity index (χ0n) is 11.3. The summed E-state index contributed by atoms with van der Waals surface area (Å²) < 4.78 is 0. The van der Waals surface area contributed by atoms with Crippen LogP contribution in [-0.4, -0.2) is 27.0 Å². The number of carboxylic acids is 1. The molecule has 106 valence electrons. The molecule has 0 aromatic carbocycles. The van der Waals surface area contributed by atoms with Gasteiger partial charge in [-0.15, -0.1) is 0 Å². The fourth-order valence-electron chi connectivity index (χ4n) is 1.58. The van der Waals surface area contributed by atoms with Gasteiger partial charge in [0.25, 0.3) is 5.91 Å². The van der Waals surface area contributed by atoms with Gasteiger partial charge in [0.15, 0.2) is 0 Å². The van der Waals surface area contributed by atoms with Crippen LogP contribution in [0.15, 0.2) is 42.7 Å². The number of carboxylic acid groups (broad SMARTS) is 1. The molecule has 2 aromatic rings. The lowest BCUT2D eigenvalue weighted by atomic mass is 10.2. The molecule has 2 N–H and O–H groups in total. The Morgan fingerprint density at radius 3 is 2.71 bits per heavy atom. The van der Waals surface area contributed by atoms with Gasteiger partial charge < -0.3 is 10.4 Å². The Balaban J connectivity index is 2.12. The lowest BCUT2D eigenvalue weighted by molar-refractivity contribution is -0.131. The highest BCUT2D eigenvalue weighted by Crippen LogP contribution is 2.10. The van der Waals surface area contributed by atoms with E-state index in [0.717, 1.165) is 11.8 Å². The molecular formula is C15H13N3O3. The van der Waals surface area contributed by atoms with E-state index in [0.29, 0.717) is 16.9 Å². The average Bonchev–Trinajstić information content (AvgIpc) is 2.46. The maximum Gasteiger partial charge on any atom is 0.328 e. The highest BCUT2D eigenvalue weighted by Gasteiger charge is 2.07. The quantitative estimate of drug-likeness (QED) is 0.839. The van der Waals surface area contributed by atoms with Crippen molar-refractivity contribution < 1.29 is 14.7 Å². The molecule has 0 atom stereocenters. The second-order valence-corrected chi connectivity index (χ2v) is 4.29. The number of hydrogen-bond donors (Lipinski definition) is 2. The normalized spacial score (nSPS) is 10.5. The SMILES string of the molecule is Cc1ccc(C(=O)Nc2cc(/C=C/C(=O)O)ccn2)cn1. The molecule has 0 aliphatic heterocycles.